The highest BCUT2D eigenvalue weighted by Crippen LogP contribution is 2.29. The molecule has 24 heavy (non-hydrogen) atoms. The van der Waals surface area contributed by atoms with Gasteiger partial charge in [0.2, 0.25) is 0 Å². The van der Waals surface area contributed by atoms with Gasteiger partial charge in [-0.15, -0.1) is 0 Å². The van der Waals surface area contributed by atoms with E-state index in [0.717, 1.165) is 23.6 Å². The van der Waals surface area contributed by atoms with Gasteiger partial charge in [0, 0.05) is 12.5 Å². The van der Waals surface area contributed by atoms with Crippen molar-refractivity contribution >= 4 is 6.21 Å². The van der Waals surface area contributed by atoms with E-state index in [1.807, 2.05) is 54.6 Å². The minimum atomic E-state index is 0.243. The Labute approximate surface area is 142 Å². The Kier molecular flexibility index (Phi) is 4.47. The number of rotatable bonds is 5. The van der Waals surface area contributed by atoms with Crippen LogP contribution in [0.25, 0.3) is 0 Å². The van der Waals surface area contributed by atoms with Crippen LogP contribution in [-0.4, -0.2) is 36.9 Å². The number of oxime groups is 1. The molecule has 0 spiro atoms. The molecule has 5 rings (SSSR count). The molecule has 3 aliphatic rings. The molecule has 0 N–H and O–H groups in total. The summed E-state index contributed by atoms with van der Waals surface area (Å²) in [7, 11) is 0. The summed E-state index contributed by atoms with van der Waals surface area (Å²) in [5, 5.41) is 4.22. The Morgan fingerprint density at radius 2 is 1.75 bits per heavy atom. The van der Waals surface area contributed by atoms with Crippen molar-refractivity contribution in [2.45, 2.75) is 18.9 Å². The third-order valence-corrected chi connectivity index (χ3v) is 4.83. The van der Waals surface area contributed by atoms with Crippen LogP contribution in [0.2, 0.25) is 0 Å². The average molecular weight is 322 g/mol. The molecule has 3 saturated heterocycles. The molecule has 124 valence electrons. The van der Waals surface area contributed by atoms with Crippen molar-refractivity contribution < 1.29 is 9.57 Å². The minimum absolute atomic E-state index is 0.243. The van der Waals surface area contributed by atoms with Crippen molar-refractivity contribution in [3.8, 4) is 11.5 Å². The SMILES string of the molecule is C(=N\OC1CN2CCC1CC2)/c1cccc(Oc2ccccc2)c1. The molecule has 3 heterocycles. The highest BCUT2D eigenvalue weighted by molar-refractivity contribution is 5.79. The van der Waals surface area contributed by atoms with E-state index in [9.17, 15) is 0 Å². The minimum Gasteiger partial charge on any atom is -0.457 e. The Bertz CT molecular complexity index is 694. The lowest BCUT2D eigenvalue weighted by molar-refractivity contribution is -0.0675. The summed E-state index contributed by atoms with van der Waals surface area (Å²) in [6.45, 7) is 3.44. The van der Waals surface area contributed by atoms with Crippen LogP contribution in [0.15, 0.2) is 59.8 Å². The van der Waals surface area contributed by atoms with Crippen LogP contribution >= 0.6 is 0 Å². The van der Waals surface area contributed by atoms with E-state index < -0.39 is 0 Å². The monoisotopic (exact) mass is 322 g/mol. The number of nitrogens with zero attached hydrogens (tertiary/aromatic N) is 2. The summed E-state index contributed by atoms with van der Waals surface area (Å²) >= 11 is 0. The fourth-order valence-electron chi connectivity index (χ4n) is 3.48. The Hall–Kier alpha value is -2.33. The van der Waals surface area contributed by atoms with Gasteiger partial charge >= 0.3 is 0 Å². The molecule has 0 saturated carbocycles. The molecular formula is C20H22N2O2. The molecule has 1 atom stereocenters. The maximum Gasteiger partial charge on any atom is 0.143 e. The van der Waals surface area contributed by atoms with Crippen LogP contribution in [-0.2, 0) is 4.84 Å². The molecular weight excluding hydrogens is 300 g/mol. The van der Waals surface area contributed by atoms with E-state index in [1.54, 1.807) is 6.21 Å². The van der Waals surface area contributed by atoms with Crippen LogP contribution in [0.5, 0.6) is 11.5 Å². The zero-order valence-electron chi connectivity index (χ0n) is 13.7. The lowest BCUT2D eigenvalue weighted by Gasteiger charge is -2.42. The van der Waals surface area contributed by atoms with Crippen LogP contribution in [0.1, 0.15) is 18.4 Å². The number of para-hydroxylation sites is 1. The highest BCUT2D eigenvalue weighted by atomic mass is 16.6. The quantitative estimate of drug-likeness (QED) is 0.618. The summed E-state index contributed by atoms with van der Waals surface area (Å²) in [5.41, 5.74) is 0.977. The number of hydrogen-bond donors (Lipinski definition) is 0. The van der Waals surface area contributed by atoms with Gasteiger partial charge in [0.1, 0.15) is 17.6 Å². The third kappa shape index (κ3) is 3.60. The van der Waals surface area contributed by atoms with Crippen LogP contribution in [0, 0.1) is 5.92 Å². The highest BCUT2D eigenvalue weighted by Gasteiger charge is 2.35. The molecule has 2 aromatic carbocycles. The summed E-state index contributed by atoms with van der Waals surface area (Å²) < 4.78 is 5.85. The van der Waals surface area contributed by atoms with Gasteiger partial charge in [-0.3, -0.25) is 4.90 Å². The largest absolute Gasteiger partial charge is 0.457 e. The molecule has 4 nitrogen and oxygen atoms in total. The van der Waals surface area contributed by atoms with Crippen LogP contribution < -0.4 is 4.74 Å². The average Bonchev–Trinajstić information content (AvgIpc) is 2.64. The van der Waals surface area contributed by atoms with Gasteiger partial charge in [-0.25, -0.2) is 0 Å². The smallest absolute Gasteiger partial charge is 0.143 e. The van der Waals surface area contributed by atoms with Crippen molar-refractivity contribution in [2.75, 3.05) is 19.6 Å². The molecule has 1 unspecified atom stereocenters. The zero-order valence-corrected chi connectivity index (χ0v) is 13.7. The van der Waals surface area contributed by atoms with Gasteiger partial charge in [-0.05, 0) is 55.8 Å². The third-order valence-electron chi connectivity index (χ3n) is 4.83. The maximum atomic E-state index is 5.85. The lowest BCUT2D eigenvalue weighted by atomic mass is 9.86. The van der Waals surface area contributed by atoms with Gasteiger partial charge in [-0.1, -0.05) is 35.5 Å². The van der Waals surface area contributed by atoms with E-state index in [0.29, 0.717) is 5.92 Å². The number of fused-ring (bicyclic) bond motifs is 3. The number of ether oxygens (including phenoxy) is 1. The summed E-state index contributed by atoms with van der Waals surface area (Å²) in [4.78, 5) is 8.23. The molecule has 3 aliphatic heterocycles. The normalized spacial score (nSPS) is 25.8. The molecule has 3 fully saturated rings. The van der Waals surface area contributed by atoms with Gasteiger partial charge in [0.05, 0.1) is 6.21 Å². The van der Waals surface area contributed by atoms with Crippen LogP contribution in [0.3, 0.4) is 0 Å². The second-order valence-corrected chi connectivity index (χ2v) is 6.50. The lowest BCUT2D eigenvalue weighted by Crippen LogP contribution is -2.50. The second kappa shape index (κ2) is 7.05. The fraction of sp³-hybridized carbons (Fsp3) is 0.350. The van der Waals surface area contributed by atoms with Crippen molar-refractivity contribution in [3.05, 3.63) is 60.2 Å². The van der Waals surface area contributed by atoms with Crippen molar-refractivity contribution in [3.63, 3.8) is 0 Å². The zero-order chi connectivity index (χ0) is 16.2. The number of hydrogen-bond acceptors (Lipinski definition) is 4. The molecule has 2 aromatic rings. The molecule has 0 amide bonds. The van der Waals surface area contributed by atoms with Crippen LogP contribution in [0.4, 0.5) is 0 Å². The Balaban J connectivity index is 1.37. The first-order valence-corrected chi connectivity index (χ1v) is 8.61. The van der Waals surface area contributed by atoms with E-state index in [4.69, 9.17) is 9.57 Å². The van der Waals surface area contributed by atoms with Gasteiger partial charge in [-0.2, -0.15) is 0 Å². The fourth-order valence-corrected chi connectivity index (χ4v) is 3.48. The summed E-state index contributed by atoms with van der Waals surface area (Å²) in [6.07, 6.45) is 4.49. The van der Waals surface area contributed by atoms with Crippen molar-refractivity contribution in [2.24, 2.45) is 11.1 Å². The Morgan fingerprint density at radius 3 is 2.50 bits per heavy atom. The van der Waals surface area contributed by atoms with Crippen molar-refractivity contribution in [1.29, 1.82) is 0 Å². The van der Waals surface area contributed by atoms with Gasteiger partial charge in [0.25, 0.3) is 0 Å². The topological polar surface area (TPSA) is 34.1 Å². The van der Waals surface area contributed by atoms with E-state index in [-0.39, 0.29) is 6.10 Å². The van der Waals surface area contributed by atoms with Gasteiger partial charge in [0.15, 0.2) is 0 Å². The van der Waals surface area contributed by atoms with E-state index in [1.165, 1.54) is 25.9 Å². The first-order chi connectivity index (χ1) is 11.9. The first-order valence-electron chi connectivity index (χ1n) is 8.61. The molecule has 0 radical (unpaired) electrons. The first kappa shape index (κ1) is 15.2. The number of piperidine rings is 3. The molecule has 4 heteroatoms. The predicted molar refractivity (Wildman–Crippen MR) is 94.6 cm³/mol. The molecule has 2 bridgehead atoms. The van der Waals surface area contributed by atoms with E-state index in [2.05, 4.69) is 10.1 Å². The molecule has 0 aliphatic carbocycles. The summed E-state index contributed by atoms with van der Waals surface area (Å²) in [5.74, 6) is 2.29. The maximum absolute atomic E-state index is 5.85. The molecule has 0 aromatic heterocycles. The Morgan fingerprint density at radius 1 is 0.958 bits per heavy atom. The van der Waals surface area contributed by atoms with Gasteiger partial charge < -0.3 is 9.57 Å². The number of benzene rings is 2. The van der Waals surface area contributed by atoms with Crippen molar-refractivity contribution in [1.82, 2.24) is 4.90 Å². The standard InChI is InChI=1S/C20H22N2O2/c1-2-6-18(7-3-1)23-19-8-4-5-16(13-19)14-21-24-20-15-22-11-9-17(20)10-12-22/h1-8,13-14,17,20H,9-12,15H2/b21-14+. The predicted octanol–water partition coefficient (Wildman–Crippen LogP) is 3.92. The summed E-state index contributed by atoms with van der Waals surface area (Å²) in [6, 6.07) is 17.7. The second-order valence-electron chi connectivity index (χ2n) is 6.50. The van der Waals surface area contributed by atoms with E-state index >= 15 is 0 Å².